The minimum absolute atomic E-state index is 0.0299. The Kier molecular flexibility index (Phi) is 2.76. The zero-order chi connectivity index (χ0) is 12.8. The molecule has 0 aromatic carbocycles. The Labute approximate surface area is 103 Å². The van der Waals surface area contributed by atoms with Crippen molar-refractivity contribution in [2.75, 3.05) is 0 Å². The molecule has 0 unspecified atom stereocenters. The first kappa shape index (κ1) is 12.2. The molecule has 2 nitrogen and oxygen atoms in total. The van der Waals surface area contributed by atoms with Crippen LogP contribution in [0.4, 0.5) is 0 Å². The van der Waals surface area contributed by atoms with Crippen molar-refractivity contribution in [3.8, 4) is 0 Å². The molecule has 2 heteroatoms. The first-order valence-corrected chi connectivity index (χ1v) is 6.09. The van der Waals surface area contributed by atoms with Crippen LogP contribution in [-0.4, -0.2) is 12.1 Å². The van der Waals surface area contributed by atoms with Crippen molar-refractivity contribution >= 4 is 5.97 Å². The van der Waals surface area contributed by atoms with Crippen LogP contribution in [0.3, 0.4) is 0 Å². The lowest BCUT2D eigenvalue weighted by molar-refractivity contribution is -0.143. The molecule has 2 aliphatic rings. The van der Waals surface area contributed by atoms with E-state index in [1.165, 1.54) is 0 Å². The fourth-order valence-electron chi connectivity index (χ4n) is 3.34. The van der Waals surface area contributed by atoms with Crippen molar-refractivity contribution in [1.29, 1.82) is 0 Å². The maximum Gasteiger partial charge on any atom is 0.334 e. The summed E-state index contributed by atoms with van der Waals surface area (Å²) in [7, 11) is 0. The average Bonchev–Trinajstić information content (AvgIpc) is 2.54. The minimum Gasteiger partial charge on any atom is -0.458 e. The van der Waals surface area contributed by atoms with Gasteiger partial charge in [-0.15, -0.1) is 6.58 Å². The SMILES string of the molecule is C=C[C@]1(C)CC[C@H]2C(=C)C(=O)O[C@@H]2[C@H]1C(=C)C. The van der Waals surface area contributed by atoms with Gasteiger partial charge in [0.15, 0.2) is 0 Å². The summed E-state index contributed by atoms with van der Waals surface area (Å²) in [6.45, 7) is 16.0. The van der Waals surface area contributed by atoms with Gasteiger partial charge >= 0.3 is 5.97 Å². The Hall–Kier alpha value is -1.31. The lowest BCUT2D eigenvalue weighted by Gasteiger charge is -2.45. The van der Waals surface area contributed by atoms with Gasteiger partial charge in [-0.2, -0.15) is 0 Å². The van der Waals surface area contributed by atoms with Crippen molar-refractivity contribution in [2.24, 2.45) is 17.3 Å². The number of carbonyl (C=O) groups is 1. The van der Waals surface area contributed by atoms with Crippen molar-refractivity contribution < 1.29 is 9.53 Å². The lowest BCUT2D eigenvalue weighted by Crippen LogP contribution is -2.43. The first-order chi connectivity index (χ1) is 7.90. The number of allylic oxidation sites excluding steroid dienone is 1. The van der Waals surface area contributed by atoms with Crippen LogP contribution in [0.25, 0.3) is 0 Å². The van der Waals surface area contributed by atoms with Crippen LogP contribution in [0.2, 0.25) is 0 Å². The van der Waals surface area contributed by atoms with Gasteiger partial charge in [-0.05, 0) is 25.2 Å². The Morgan fingerprint density at radius 1 is 1.59 bits per heavy atom. The highest BCUT2D eigenvalue weighted by atomic mass is 16.6. The molecule has 1 saturated heterocycles. The molecule has 2 rings (SSSR count). The first-order valence-electron chi connectivity index (χ1n) is 6.09. The van der Waals surface area contributed by atoms with E-state index in [-0.39, 0.29) is 29.3 Å². The summed E-state index contributed by atoms with van der Waals surface area (Å²) in [5.74, 6) is 0.0822. The second-order valence-corrected chi connectivity index (χ2v) is 5.57. The van der Waals surface area contributed by atoms with E-state index in [9.17, 15) is 4.79 Å². The summed E-state index contributed by atoms with van der Waals surface area (Å²) in [6, 6.07) is 0. The van der Waals surface area contributed by atoms with Crippen LogP contribution in [0.5, 0.6) is 0 Å². The third kappa shape index (κ3) is 1.67. The van der Waals surface area contributed by atoms with E-state index >= 15 is 0 Å². The highest BCUT2D eigenvalue weighted by Gasteiger charge is 2.52. The predicted molar refractivity (Wildman–Crippen MR) is 68.4 cm³/mol. The van der Waals surface area contributed by atoms with Gasteiger partial charge in [0.1, 0.15) is 6.10 Å². The molecular formula is C15H20O2. The molecule has 1 aliphatic heterocycles. The number of hydrogen-bond donors (Lipinski definition) is 0. The fourth-order valence-corrected chi connectivity index (χ4v) is 3.34. The van der Waals surface area contributed by atoms with Crippen molar-refractivity contribution in [1.82, 2.24) is 0 Å². The van der Waals surface area contributed by atoms with Crippen LogP contribution in [0.1, 0.15) is 26.7 Å². The molecule has 2 fully saturated rings. The zero-order valence-electron chi connectivity index (χ0n) is 10.7. The Bertz CT molecular complexity index is 407. The topological polar surface area (TPSA) is 26.3 Å². The van der Waals surface area contributed by atoms with Gasteiger partial charge in [-0.3, -0.25) is 0 Å². The molecule has 1 aliphatic carbocycles. The number of fused-ring (bicyclic) bond motifs is 1. The molecule has 0 radical (unpaired) electrons. The molecule has 0 bridgehead atoms. The van der Waals surface area contributed by atoms with Crippen LogP contribution in [0.15, 0.2) is 37.0 Å². The Balaban J connectivity index is 2.40. The van der Waals surface area contributed by atoms with Gasteiger partial charge in [0.05, 0.1) is 0 Å². The number of carbonyl (C=O) groups excluding carboxylic acids is 1. The van der Waals surface area contributed by atoms with Crippen LogP contribution >= 0.6 is 0 Å². The lowest BCUT2D eigenvalue weighted by atomic mass is 9.60. The van der Waals surface area contributed by atoms with Crippen LogP contribution in [-0.2, 0) is 9.53 Å². The van der Waals surface area contributed by atoms with Crippen molar-refractivity contribution in [3.63, 3.8) is 0 Å². The number of esters is 1. The van der Waals surface area contributed by atoms with Gasteiger partial charge in [0.25, 0.3) is 0 Å². The molecular weight excluding hydrogens is 212 g/mol. The van der Waals surface area contributed by atoms with E-state index in [0.29, 0.717) is 5.57 Å². The monoisotopic (exact) mass is 232 g/mol. The second-order valence-electron chi connectivity index (χ2n) is 5.57. The maximum atomic E-state index is 11.6. The van der Waals surface area contributed by atoms with Crippen molar-refractivity contribution in [2.45, 2.75) is 32.8 Å². The molecule has 1 saturated carbocycles. The highest BCUT2D eigenvalue weighted by molar-refractivity contribution is 5.91. The fraction of sp³-hybridized carbons (Fsp3) is 0.533. The summed E-state index contributed by atoms with van der Waals surface area (Å²) >= 11 is 0. The summed E-state index contributed by atoms with van der Waals surface area (Å²) in [6.07, 6.45) is 3.84. The summed E-state index contributed by atoms with van der Waals surface area (Å²) in [5, 5.41) is 0. The minimum atomic E-state index is -0.237. The summed E-state index contributed by atoms with van der Waals surface area (Å²) in [5.41, 5.74) is 1.66. The van der Waals surface area contributed by atoms with E-state index in [2.05, 4.69) is 26.7 Å². The van der Waals surface area contributed by atoms with Gasteiger partial charge in [0, 0.05) is 17.4 Å². The van der Waals surface area contributed by atoms with E-state index in [0.717, 1.165) is 18.4 Å². The van der Waals surface area contributed by atoms with Crippen molar-refractivity contribution in [3.05, 3.63) is 37.0 Å². The standard InChI is InChI=1S/C15H20O2/c1-6-15(5)8-7-11-10(4)14(16)17-13(11)12(15)9(2)3/h6,11-13H,1-2,4,7-8H2,3,5H3/t11-,12+,13-,15+/m0/s1. The van der Waals surface area contributed by atoms with E-state index in [4.69, 9.17) is 4.74 Å². The average molecular weight is 232 g/mol. The van der Waals surface area contributed by atoms with Gasteiger partial charge < -0.3 is 4.74 Å². The van der Waals surface area contributed by atoms with Gasteiger partial charge in [-0.1, -0.05) is 31.7 Å². The number of rotatable bonds is 2. The molecule has 0 N–H and O–H groups in total. The normalized spacial score (nSPS) is 40.7. The smallest absolute Gasteiger partial charge is 0.334 e. The Morgan fingerprint density at radius 3 is 2.76 bits per heavy atom. The highest BCUT2D eigenvalue weighted by Crippen LogP contribution is 2.52. The molecule has 0 amide bonds. The second kappa shape index (κ2) is 3.86. The molecule has 0 aromatic rings. The quantitative estimate of drug-likeness (QED) is 0.415. The maximum absolute atomic E-state index is 11.6. The molecule has 4 atom stereocenters. The van der Waals surface area contributed by atoms with Crippen LogP contribution in [0, 0.1) is 17.3 Å². The van der Waals surface area contributed by atoms with E-state index in [1.54, 1.807) is 0 Å². The molecule has 17 heavy (non-hydrogen) atoms. The molecule has 0 aromatic heterocycles. The zero-order valence-corrected chi connectivity index (χ0v) is 10.7. The molecule has 1 heterocycles. The van der Waals surface area contributed by atoms with Gasteiger partial charge in [0.2, 0.25) is 0 Å². The van der Waals surface area contributed by atoms with Gasteiger partial charge in [-0.25, -0.2) is 4.79 Å². The van der Waals surface area contributed by atoms with Crippen LogP contribution < -0.4 is 0 Å². The predicted octanol–water partition coefficient (Wildman–Crippen LogP) is 3.26. The summed E-state index contributed by atoms with van der Waals surface area (Å²) in [4.78, 5) is 11.6. The number of hydrogen-bond acceptors (Lipinski definition) is 2. The third-order valence-corrected chi connectivity index (χ3v) is 4.38. The molecule has 92 valence electrons. The third-order valence-electron chi connectivity index (χ3n) is 4.38. The van der Waals surface area contributed by atoms with E-state index in [1.807, 2.05) is 13.0 Å². The largest absolute Gasteiger partial charge is 0.458 e. The number of ether oxygens (including phenoxy) is 1. The molecule has 0 spiro atoms. The van der Waals surface area contributed by atoms with E-state index < -0.39 is 0 Å². The Morgan fingerprint density at radius 2 is 2.24 bits per heavy atom. The summed E-state index contributed by atoms with van der Waals surface area (Å²) < 4.78 is 5.50.